The molecule has 0 unspecified atom stereocenters. The van der Waals surface area contributed by atoms with Crippen molar-refractivity contribution in [3.05, 3.63) is 18.2 Å². The van der Waals surface area contributed by atoms with Crippen molar-refractivity contribution in [2.45, 2.75) is 6.36 Å². The molecule has 1 rings (SSSR count). The molecule has 0 aromatic heterocycles. The molecule has 1 aromatic rings. The van der Waals surface area contributed by atoms with Crippen LogP contribution in [0.3, 0.4) is 0 Å². The molecule has 0 fully saturated rings. The zero-order valence-corrected chi connectivity index (χ0v) is 7.72. The van der Waals surface area contributed by atoms with E-state index in [4.69, 9.17) is 0 Å². The molecule has 0 aliphatic carbocycles. The van der Waals surface area contributed by atoms with Gasteiger partial charge in [0.15, 0.2) is 0 Å². The molecule has 0 spiro atoms. The van der Waals surface area contributed by atoms with Crippen molar-refractivity contribution in [3.63, 3.8) is 0 Å². The Kier molecular flexibility index (Phi) is 3.25. The minimum atomic E-state index is -4.74. The first-order chi connectivity index (χ1) is 6.92. The fraction of sp³-hybridized carbons (Fsp3) is 0.250. The van der Waals surface area contributed by atoms with Gasteiger partial charge in [0.1, 0.15) is 11.5 Å². The maximum absolute atomic E-state index is 11.8. The summed E-state index contributed by atoms with van der Waals surface area (Å²) in [6, 6.07) is 3.14. The monoisotopic (exact) mass is 222 g/mol. The van der Waals surface area contributed by atoms with Crippen LogP contribution in [0.1, 0.15) is 0 Å². The maximum atomic E-state index is 11.8. The number of hydrogen-bond acceptors (Lipinski definition) is 4. The Morgan fingerprint density at radius 1 is 1.33 bits per heavy atom. The molecule has 0 saturated heterocycles. The van der Waals surface area contributed by atoms with E-state index in [-0.39, 0.29) is 11.4 Å². The number of ether oxygens (including phenoxy) is 1. The molecule has 0 saturated carbocycles. The number of halogens is 3. The second-order valence-corrected chi connectivity index (χ2v) is 2.60. The van der Waals surface area contributed by atoms with E-state index in [1.807, 2.05) is 0 Å². The summed E-state index contributed by atoms with van der Waals surface area (Å²) in [7, 11) is 1.51. The molecular formula is C8H9F3N2O2. The molecule has 0 aliphatic rings. The second-order valence-electron chi connectivity index (χ2n) is 2.60. The van der Waals surface area contributed by atoms with E-state index >= 15 is 0 Å². The highest BCUT2D eigenvalue weighted by Crippen LogP contribution is 2.30. The third-order valence-corrected chi connectivity index (χ3v) is 1.46. The van der Waals surface area contributed by atoms with Crippen molar-refractivity contribution in [2.24, 2.45) is 0 Å². The average molecular weight is 222 g/mol. The van der Waals surface area contributed by atoms with Gasteiger partial charge in [0.05, 0.1) is 5.69 Å². The lowest BCUT2D eigenvalue weighted by atomic mass is 10.3. The molecule has 0 bridgehead atoms. The quantitative estimate of drug-likeness (QED) is 0.539. The van der Waals surface area contributed by atoms with Crippen LogP contribution >= 0.6 is 0 Å². The molecule has 0 atom stereocenters. The summed E-state index contributed by atoms with van der Waals surface area (Å²) in [5.41, 5.74) is 5.02. The van der Waals surface area contributed by atoms with Crippen molar-refractivity contribution in [1.29, 1.82) is 0 Å². The van der Waals surface area contributed by atoms with Crippen LogP contribution in [-0.4, -0.2) is 18.5 Å². The van der Waals surface area contributed by atoms with Crippen LogP contribution in [0.2, 0.25) is 0 Å². The van der Waals surface area contributed by atoms with E-state index in [1.54, 1.807) is 0 Å². The molecular weight excluding hydrogens is 213 g/mol. The molecule has 1 aromatic carbocycles. The maximum Gasteiger partial charge on any atom is 0.573 e. The number of anilines is 1. The SMILES string of the molecule is CNNc1cc(OC(F)(F)F)ccc1O. The minimum absolute atomic E-state index is 0.0965. The molecule has 0 aliphatic heterocycles. The van der Waals surface area contributed by atoms with Crippen LogP contribution in [0.15, 0.2) is 18.2 Å². The predicted octanol–water partition coefficient (Wildman–Crippen LogP) is 1.84. The van der Waals surface area contributed by atoms with Gasteiger partial charge in [-0.15, -0.1) is 13.2 Å². The van der Waals surface area contributed by atoms with Crippen molar-refractivity contribution in [1.82, 2.24) is 5.43 Å². The Morgan fingerprint density at radius 2 is 2.00 bits per heavy atom. The zero-order valence-electron chi connectivity index (χ0n) is 7.72. The van der Waals surface area contributed by atoms with Gasteiger partial charge < -0.3 is 15.3 Å². The smallest absolute Gasteiger partial charge is 0.506 e. The average Bonchev–Trinajstić information content (AvgIpc) is 2.09. The lowest BCUT2D eigenvalue weighted by Crippen LogP contribution is -2.18. The Hall–Kier alpha value is -1.63. The number of rotatable bonds is 3. The van der Waals surface area contributed by atoms with Crippen LogP contribution in [0.5, 0.6) is 11.5 Å². The topological polar surface area (TPSA) is 53.5 Å². The molecule has 7 heteroatoms. The lowest BCUT2D eigenvalue weighted by molar-refractivity contribution is -0.274. The van der Waals surface area contributed by atoms with Crippen LogP contribution in [-0.2, 0) is 0 Å². The first kappa shape index (κ1) is 11.4. The number of hydrazine groups is 1. The van der Waals surface area contributed by atoms with Crippen LogP contribution in [0, 0.1) is 0 Å². The molecule has 0 radical (unpaired) electrons. The second kappa shape index (κ2) is 4.26. The Morgan fingerprint density at radius 3 is 2.53 bits per heavy atom. The van der Waals surface area contributed by atoms with Gasteiger partial charge in [-0.25, -0.2) is 5.43 Å². The fourth-order valence-corrected chi connectivity index (χ4v) is 0.947. The van der Waals surface area contributed by atoms with Gasteiger partial charge in [-0.2, -0.15) is 0 Å². The summed E-state index contributed by atoms with van der Waals surface area (Å²) < 4.78 is 39.2. The number of benzene rings is 1. The number of alkyl halides is 3. The molecule has 15 heavy (non-hydrogen) atoms. The molecule has 0 amide bonds. The Balaban J connectivity index is 2.87. The Bertz CT molecular complexity index is 341. The van der Waals surface area contributed by atoms with E-state index in [9.17, 15) is 18.3 Å². The molecule has 4 nitrogen and oxygen atoms in total. The third-order valence-electron chi connectivity index (χ3n) is 1.46. The van der Waals surface area contributed by atoms with Crippen molar-refractivity contribution in [2.75, 3.05) is 12.5 Å². The lowest BCUT2D eigenvalue weighted by Gasteiger charge is -2.11. The summed E-state index contributed by atoms with van der Waals surface area (Å²) in [5, 5.41) is 9.23. The molecule has 3 N–H and O–H groups in total. The largest absolute Gasteiger partial charge is 0.573 e. The van der Waals surface area contributed by atoms with E-state index < -0.39 is 12.1 Å². The van der Waals surface area contributed by atoms with E-state index in [0.717, 1.165) is 18.2 Å². The fourth-order valence-electron chi connectivity index (χ4n) is 0.947. The van der Waals surface area contributed by atoms with Crippen LogP contribution in [0.4, 0.5) is 18.9 Å². The summed E-state index contributed by atoms with van der Waals surface area (Å²) >= 11 is 0. The van der Waals surface area contributed by atoms with Gasteiger partial charge in [-0.3, -0.25) is 0 Å². The predicted molar refractivity (Wildman–Crippen MR) is 47.5 cm³/mol. The van der Waals surface area contributed by atoms with Crippen molar-refractivity contribution >= 4 is 5.69 Å². The molecule has 0 heterocycles. The summed E-state index contributed by atoms with van der Waals surface area (Å²) in [5.74, 6) is -0.586. The van der Waals surface area contributed by atoms with Gasteiger partial charge in [0.2, 0.25) is 0 Å². The summed E-state index contributed by atoms with van der Waals surface area (Å²) in [6.45, 7) is 0. The minimum Gasteiger partial charge on any atom is -0.506 e. The van der Waals surface area contributed by atoms with Gasteiger partial charge in [-0.05, 0) is 12.1 Å². The van der Waals surface area contributed by atoms with E-state index in [1.165, 1.54) is 7.05 Å². The third kappa shape index (κ3) is 3.55. The number of phenols is 1. The highest BCUT2D eigenvalue weighted by atomic mass is 19.4. The number of hydrogen-bond donors (Lipinski definition) is 3. The number of phenolic OH excluding ortho intramolecular Hbond substituents is 1. The van der Waals surface area contributed by atoms with E-state index in [2.05, 4.69) is 15.6 Å². The van der Waals surface area contributed by atoms with Gasteiger partial charge in [0, 0.05) is 13.1 Å². The van der Waals surface area contributed by atoms with E-state index in [0.29, 0.717) is 0 Å². The zero-order chi connectivity index (χ0) is 11.5. The van der Waals surface area contributed by atoms with Crippen LogP contribution < -0.4 is 15.6 Å². The van der Waals surface area contributed by atoms with Gasteiger partial charge in [0.25, 0.3) is 0 Å². The van der Waals surface area contributed by atoms with Gasteiger partial charge >= 0.3 is 6.36 Å². The van der Waals surface area contributed by atoms with Gasteiger partial charge in [-0.1, -0.05) is 0 Å². The normalized spacial score (nSPS) is 11.2. The first-order valence-electron chi connectivity index (χ1n) is 3.94. The molecule has 84 valence electrons. The number of nitrogens with one attached hydrogen (secondary N) is 2. The highest BCUT2D eigenvalue weighted by molar-refractivity contribution is 5.58. The summed E-state index contributed by atoms with van der Waals surface area (Å²) in [4.78, 5) is 0. The summed E-state index contributed by atoms with van der Waals surface area (Å²) in [6.07, 6.45) is -4.74. The van der Waals surface area contributed by atoms with Crippen LogP contribution in [0.25, 0.3) is 0 Å². The van der Waals surface area contributed by atoms with Crippen molar-refractivity contribution < 1.29 is 23.0 Å². The highest BCUT2D eigenvalue weighted by Gasteiger charge is 2.31. The van der Waals surface area contributed by atoms with Crippen molar-refractivity contribution in [3.8, 4) is 11.5 Å². The first-order valence-corrected chi connectivity index (χ1v) is 3.94. The Labute approximate surface area is 83.6 Å². The standard InChI is InChI=1S/C8H9F3N2O2/c1-12-13-6-4-5(2-3-7(6)14)15-8(9,10)11/h2-4,12-14H,1H3. The number of aromatic hydroxyl groups is 1.